The number of hydrogen-bond donors (Lipinski definition) is 9. The molecule has 0 aliphatic rings. The number of nitrogens with one attached hydrogen (secondary N) is 1. The summed E-state index contributed by atoms with van der Waals surface area (Å²) in [4.78, 5) is 47.7. The van der Waals surface area contributed by atoms with Gasteiger partial charge in [-0.15, -0.1) is 0 Å². The number of nitrogen functional groups attached to an aromatic ring is 1. The predicted molar refractivity (Wildman–Crippen MR) is 448 cm³/mol. The second-order valence-corrected chi connectivity index (χ2v) is 31.4. The molecular weight excluding hydrogens is 2010 g/mol. The molecule has 134 heavy (non-hydrogen) atoms. The van der Waals surface area contributed by atoms with E-state index in [-0.39, 0.29) is 114 Å². The Kier molecular flexibility index (Phi) is 42.8. The number of alkyl halides is 15. The number of aliphatic hydroxyl groups excluding tert-OH is 4. The predicted octanol–water partition coefficient (Wildman–Crippen LogP) is 15.9. The summed E-state index contributed by atoms with van der Waals surface area (Å²) in [6.45, 7) is -0.204. The molecule has 0 saturated heterocycles. The van der Waals surface area contributed by atoms with Crippen molar-refractivity contribution in [2.75, 3.05) is 18.8 Å². The molecule has 13 N–H and O–H groups in total. The van der Waals surface area contributed by atoms with Crippen LogP contribution in [0.5, 0.6) is 0 Å². The molecule has 0 aliphatic carbocycles. The Labute approximate surface area is 767 Å². The molecule has 15 aromatic heterocycles. The number of halogens is 18. The number of carbonyl (C=O) groups excluding carboxylic acids is 2. The van der Waals surface area contributed by atoms with Crippen LogP contribution in [0.1, 0.15) is 73.1 Å². The van der Waals surface area contributed by atoms with E-state index in [9.17, 15) is 83.9 Å². The van der Waals surface area contributed by atoms with Gasteiger partial charge in [0.15, 0.2) is 74.8 Å². The van der Waals surface area contributed by atoms with Gasteiger partial charge in [-0.3, -0.25) is 25.5 Å². The average molecular weight is 2080 g/mol. The molecule has 0 atom stereocenters. The summed E-state index contributed by atoms with van der Waals surface area (Å²) >= 11 is 4.68. The Morgan fingerprint density at radius 1 is 0.485 bits per heavy atom. The number of azide groups is 1. The molecule has 0 aliphatic heterocycles. The average Bonchev–Trinajstić information content (AvgIpc) is 1.65. The van der Waals surface area contributed by atoms with Crippen LogP contribution in [0.3, 0.4) is 0 Å². The van der Waals surface area contributed by atoms with Gasteiger partial charge in [-0.05, 0) is 172 Å². The number of furan rings is 5. The zero-order chi connectivity index (χ0) is 99.2. The largest absolute Gasteiger partial charge is 0.463 e. The Hall–Kier alpha value is -13.2. The van der Waals surface area contributed by atoms with E-state index in [4.69, 9.17) is 84.6 Å². The summed E-state index contributed by atoms with van der Waals surface area (Å²) in [5, 5.41) is 51.6. The number of aromatic nitrogens is 14. The number of aliphatic hydroxyl groups is 4. The molecule has 712 valence electrons. The monoisotopic (exact) mass is 2080 g/mol. The van der Waals surface area contributed by atoms with Gasteiger partial charge in [-0.25, -0.2) is 54.5 Å². The van der Waals surface area contributed by atoms with E-state index in [1.54, 1.807) is 85.2 Å². The third-order valence-electron chi connectivity index (χ3n) is 15.9. The minimum Gasteiger partial charge on any atom is -0.463 e. The Balaban J connectivity index is 0.000000243. The van der Waals surface area contributed by atoms with Gasteiger partial charge in [-0.1, -0.05) is 16.7 Å². The third kappa shape index (κ3) is 34.1. The fourth-order valence-electron chi connectivity index (χ4n) is 10.1. The second-order valence-electron chi connectivity index (χ2n) is 25.1. The molecule has 0 fully saturated rings. The van der Waals surface area contributed by atoms with Crippen LogP contribution in [0.15, 0.2) is 253 Å². The number of Topliss-reactive ketones (excluding diaryl/α,β-unsaturated/α-hetero) is 2. The van der Waals surface area contributed by atoms with E-state index in [0.717, 1.165) is 79.3 Å². The van der Waals surface area contributed by atoms with Crippen LogP contribution in [0, 0.1) is 0 Å². The van der Waals surface area contributed by atoms with Crippen LogP contribution in [-0.2, 0) is 83.3 Å². The summed E-state index contributed by atoms with van der Waals surface area (Å²) in [7, 11) is 7.20. The summed E-state index contributed by atoms with van der Waals surface area (Å²) in [6.07, 6.45) is -8.39. The van der Waals surface area contributed by atoms with Crippen LogP contribution in [0.25, 0.3) is 79.5 Å². The van der Waals surface area contributed by atoms with E-state index in [1.807, 2.05) is 0 Å². The van der Waals surface area contributed by atoms with Crippen LogP contribution in [0.4, 0.5) is 71.7 Å². The quantitative estimate of drug-likeness (QED) is 0.00276. The zero-order valence-corrected chi connectivity index (χ0v) is 74.2. The minimum atomic E-state index is -4.97. The van der Waals surface area contributed by atoms with Gasteiger partial charge in [0.1, 0.15) is 33.7 Å². The molecule has 0 amide bonds. The number of pyridine rings is 6. The van der Waals surface area contributed by atoms with Crippen molar-refractivity contribution >= 4 is 75.8 Å². The third-order valence-corrected chi connectivity index (χ3v) is 16.7. The van der Waals surface area contributed by atoms with E-state index < -0.39 is 101 Å². The van der Waals surface area contributed by atoms with Gasteiger partial charge in [0.25, 0.3) is 10.1 Å². The number of carbonyl (C=O) groups is 2. The number of ketones is 2. The summed E-state index contributed by atoms with van der Waals surface area (Å²) < 4.78 is 247. The Morgan fingerprint density at radius 3 is 1.10 bits per heavy atom. The van der Waals surface area contributed by atoms with Gasteiger partial charge in [0.2, 0.25) is 11.6 Å². The molecule has 56 heteroatoms. The normalized spacial score (nSPS) is 11.1. The standard InChI is InChI=1S/C15H12F3N3O4S.C14H9F3N6O.C14H11F3N4O.C14H10F3N3O2.C8H5F3O3.C6H6ClNO.C6H9N3O.CH4O.2ClH.H4N2.Sn/c1-26(22,23)25-9-10-4-5-19-14(7-10)21-11(12-3-2-6-24-12)8-13(20-21)15(16,17)18;15-14(16,17)12-7-10(11-2-1-5-24-11)23(21-12)13-6-9(3-4-19-13)8-20-22-18;15-14(16,17)12-7-10(11-2-1-5-22-11)21(20-12)13-6-9(8-18)3-4-19-13;15-14(16,17)12-7-10(11-2-1-5-22-11)20(19-12)13-6-9(8-21)3-4-18-13;9-8(10,11)7(13)4-5(12)6-2-1-3-14-6;7-6-3-5(4-9)1-2-8-6;7-9-6-3-5(4-10)1-2-8-6;1-2;;;1-2;/h2-8H,9H2,1H3;1-7H,8H2;1-7H,8,18H2;1-7,21H,8H2;1-3H,4H2;1-3,9H,4H2;1-3,10H,4,7H2,(H,8,9);2H,1H3;2*1H;1-2H2;/q;;;;;;;;;;;+2/p-2. The topological polar surface area (TPSA) is 538 Å². The summed E-state index contributed by atoms with van der Waals surface area (Å²) in [6, 6.07) is 37.4. The van der Waals surface area contributed by atoms with Crippen LogP contribution < -0.4 is 28.7 Å². The molecule has 0 bridgehead atoms. The second kappa shape index (κ2) is 52.3. The van der Waals surface area contributed by atoms with Crippen molar-refractivity contribution in [3.8, 4) is 69.1 Å². The van der Waals surface area contributed by atoms with Crippen molar-refractivity contribution in [2.24, 2.45) is 28.4 Å². The van der Waals surface area contributed by atoms with Crippen molar-refractivity contribution in [2.45, 2.75) is 76.8 Å². The minimum absolute atomic E-state index is 0.0111. The molecule has 0 aromatic carbocycles. The van der Waals surface area contributed by atoms with E-state index >= 15 is 0 Å². The van der Waals surface area contributed by atoms with Gasteiger partial charge in [0, 0.05) is 80.0 Å². The maximum Gasteiger partial charge on any atom is 0.435 e. The number of anilines is 1. The fourth-order valence-corrected chi connectivity index (χ4v) is 10.7. The van der Waals surface area contributed by atoms with Gasteiger partial charge >= 0.3 is 67.6 Å². The van der Waals surface area contributed by atoms with Crippen molar-refractivity contribution in [1.29, 1.82) is 0 Å². The fraction of sp³-hybridized carbons (Fsp3) is 0.179. The summed E-state index contributed by atoms with van der Waals surface area (Å²) in [5.41, 5.74) is 16.3. The zero-order valence-electron chi connectivity index (χ0n) is 68.3. The first kappa shape index (κ1) is 110. The molecule has 15 rings (SSSR count). The van der Waals surface area contributed by atoms with Crippen LogP contribution >= 0.6 is 29.4 Å². The first-order valence-corrected chi connectivity index (χ1v) is 46.0. The number of nitrogens with zero attached hydrogens (tertiary/aromatic N) is 17. The molecule has 0 saturated carbocycles. The van der Waals surface area contributed by atoms with Gasteiger partial charge in [-0.2, -0.15) is 94.7 Å². The van der Waals surface area contributed by atoms with Gasteiger partial charge < -0.3 is 53.7 Å². The number of hydrogen-bond acceptors (Lipinski definition) is 30. The first-order valence-electron chi connectivity index (χ1n) is 36.6. The number of rotatable bonds is 21. The molecule has 15 heterocycles. The molecular formula is C78H70Cl3F15N22O14SSn. The number of nitrogens with two attached hydrogens (primary N) is 4. The molecule has 2 radical (unpaired) electrons. The molecule has 15 aromatic rings. The first-order chi connectivity index (χ1) is 63.6. The van der Waals surface area contributed by atoms with Gasteiger partial charge in [0.05, 0.1) is 77.0 Å². The summed E-state index contributed by atoms with van der Waals surface area (Å²) in [5.74, 6) is 11.9. The van der Waals surface area contributed by atoms with E-state index in [0.29, 0.717) is 27.7 Å². The van der Waals surface area contributed by atoms with Crippen molar-refractivity contribution in [3.05, 3.63) is 304 Å². The van der Waals surface area contributed by atoms with E-state index in [2.05, 4.69) is 86.0 Å². The molecule has 0 spiro atoms. The Morgan fingerprint density at radius 2 is 0.799 bits per heavy atom. The van der Waals surface area contributed by atoms with E-state index in [1.165, 1.54) is 111 Å². The van der Waals surface area contributed by atoms with Crippen LogP contribution in [0.2, 0.25) is 5.15 Å². The maximum absolute atomic E-state index is 13.1. The molecule has 0 unspecified atom stereocenters. The smallest absolute Gasteiger partial charge is 0.435 e. The number of hydrazine groups is 2. The van der Waals surface area contributed by atoms with Crippen molar-refractivity contribution in [3.63, 3.8) is 0 Å². The molecule has 36 nitrogen and oxygen atoms in total. The van der Waals surface area contributed by atoms with Crippen molar-refractivity contribution in [1.82, 2.24) is 69.0 Å². The Bertz CT molecular complexity index is 6110. The van der Waals surface area contributed by atoms with Crippen molar-refractivity contribution < 1.29 is 131 Å². The van der Waals surface area contributed by atoms with Crippen LogP contribution in [-0.4, -0.2) is 148 Å². The maximum atomic E-state index is 13.1. The SMILES string of the molecule is CO.CS(=O)(=O)OCc1ccnc(-n2nc(C(F)(F)F)cc2-c2ccco2)c1.NCc1ccnc(-n2nc(C(F)(F)F)cc2-c2ccco2)c1.NN.NNc1cc(CO)ccn1.O=C(CC(=O)C(F)(F)F)c1ccco1.OCc1ccnc(-n2nc(C(F)(F)F)cc2-c2ccco2)c1.OCc1ccnc(Cl)c1.[Cl][Sn][Cl].[N-]=[N+]=NCc1ccnc(-n2nc(C(F)(F)F)cc2-c2ccco2)c1.